The standard InChI is InChI=1S/C18H22N6O4/c1-18(12-5-7-14(28-4)8-6-12)16(26)24(17(27)20-18)21-15(25)11-22(2)13-9-19-23(3)10-13/h5-10H,11H2,1-4H3,(H,20,27)(H,21,25)/t18-/m1/s1. The lowest BCUT2D eigenvalue weighted by Crippen LogP contribution is -2.50. The zero-order chi connectivity index (χ0) is 20.5. The summed E-state index contributed by atoms with van der Waals surface area (Å²) in [5.41, 5.74) is 2.40. The van der Waals surface area contributed by atoms with Crippen molar-refractivity contribution in [3.63, 3.8) is 0 Å². The molecule has 0 radical (unpaired) electrons. The molecule has 2 heterocycles. The summed E-state index contributed by atoms with van der Waals surface area (Å²) in [6, 6.07) is 6.09. The summed E-state index contributed by atoms with van der Waals surface area (Å²) in [6.07, 6.45) is 3.36. The number of nitrogens with one attached hydrogen (secondary N) is 2. The normalized spacial score (nSPS) is 18.8. The van der Waals surface area contributed by atoms with Crippen molar-refractivity contribution in [2.75, 3.05) is 25.6 Å². The molecule has 1 aromatic carbocycles. The van der Waals surface area contributed by atoms with Gasteiger partial charge >= 0.3 is 6.03 Å². The van der Waals surface area contributed by atoms with Gasteiger partial charge in [0.15, 0.2) is 0 Å². The highest BCUT2D eigenvalue weighted by Gasteiger charge is 2.50. The molecule has 1 aromatic heterocycles. The van der Waals surface area contributed by atoms with Crippen LogP contribution in [0.25, 0.3) is 0 Å². The van der Waals surface area contributed by atoms with Gasteiger partial charge in [-0.2, -0.15) is 10.1 Å². The van der Waals surface area contributed by atoms with Gasteiger partial charge in [0.05, 0.1) is 25.5 Å². The number of aryl methyl sites for hydroxylation is 1. The van der Waals surface area contributed by atoms with E-state index in [1.807, 2.05) is 0 Å². The highest BCUT2D eigenvalue weighted by Crippen LogP contribution is 2.29. The largest absolute Gasteiger partial charge is 0.497 e. The van der Waals surface area contributed by atoms with Gasteiger partial charge in [-0.25, -0.2) is 4.79 Å². The molecule has 0 saturated carbocycles. The number of anilines is 1. The molecule has 0 spiro atoms. The number of hydrazine groups is 1. The molecule has 0 bridgehead atoms. The van der Waals surface area contributed by atoms with Gasteiger partial charge in [0.1, 0.15) is 11.3 Å². The monoisotopic (exact) mass is 386 g/mol. The molecular weight excluding hydrogens is 364 g/mol. The SMILES string of the molecule is COc1ccc([C@@]2(C)NC(=O)N(NC(=O)CN(C)c3cnn(C)c3)C2=O)cc1. The number of benzene rings is 1. The Morgan fingerprint density at radius 1 is 1.32 bits per heavy atom. The van der Waals surface area contributed by atoms with Crippen LogP contribution in [0.1, 0.15) is 12.5 Å². The van der Waals surface area contributed by atoms with E-state index in [1.165, 1.54) is 0 Å². The number of nitrogens with zero attached hydrogens (tertiary/aromatic N) is 4. The van der Waals surface area contributed by atoms with Crippen molar-refractivity contribution in [1.82, 2.24) is 25.5 Å². The van der Waals surface area contributed by atoms with Gasteiger partial charge in [0.2, 0.25) is 0 Å². The topological polar surface area (TPSA) is 109 Å². The van der Waals surface area contributed by atoms with Gasteiger partial charge in [-0.1, -0.05) is 12.1 Å². The van der Waals surface area contributed by atoms with Crippen LogP contribution in [0.5, 0.6) is 5.75 Å². The fourth-order valence-electron chi connectivity index (χ4n) is 2.93. The third kappa shape index (κ3) is 3.48. The fraction of sp³-hybridized carbons (Fsp3) is 0.333. The molecule has 148 valence electrons. The van der Waals surface area contributed by atoms with E-state index in [-0.39, 0.29) is 6.54 Å². The lowest BCUT2D eigenvalue weighted by Gasteiger charge is -2.23. The molecule has 2 N–H and O–H groups in total. The maximum atomic E-state index is 12.9. The number of likely N-dealkylation sites (N-methyl/N-ethyl adjacent to an activating group) is 1. The van der Waals surface area contributed by atoms with Gasteiger partial charge in [-0.3, -0.25) is 19.7 Å². The van der Waals surface area contributed by atoms with Gasteiger partial charge in [0, 0.05) is 20.3 Å². The number of hydrogen-bond donors (Lipinski definition) is 2. The molecule has 1 saturated heterocycles. The molecule has 1 fully saturated rings. The fourth-order valence-corrected chi connectivity index (χ4v) is 2.93. The summed E-state index contributed by atoms with van der Waals surface area (Å²) in [6.45, 7) is 1.53. The van der Waals surface area contributed by atoms with E-state index >= 15 is 0 Å². The van der Waals surface area contributed by atoms with E-state index in [4.69, 9.17) is 4.74 Å². The van der Waals surface area contributed by atoms with E-state index < -0.39 is 23.4 Å². The Hall–Kier alpha value is -3.56. The highest BCUT2D eigenvalue weighted by atomic mass is 16.5. The first-order chi connectivity index (χ1) is 13.2. The van der Waals surface area contributed by atoms with Crippen LogP contribution in [0.4, 0.5) is 10.5 Å². The van der Waals surface area contributed by atoms with Gasteiger partial charge < -0.3 is 15.0 Å². The number of aromatic nitrogens is 2. The molecule has 1 aliphatic rings. The third-order valence-electron chi connectivity index (χ3n) is 4.61. The first-order valence-electron chi connectivity index (χ1n) is 8.55. The minimum atomic E-state index is -1.29. The Balaban J connectivity index is 1.69. The van der Waals surface area contributed by atoms with Crippen molar-refractivity contribution in [1.29, 1.82) is 0 Å². The van der Waals surface area contributed by atoms with Crippen molar-refractivity contribution < 1.29 is 19.1 Å². The highest BCUT2D eigenvalue weighted by molar-refractivity contribution is 6.08. The average Bonchev–Trinajstić information content (AvgIpc) is 3.19. The van der Waals surface area contributed by atoms with Crippen molar-refractivity contribution in [2.45, 2.75) is 12.5 Å². The van der Waals surface area contributed by atoms with E-state index in [9.17, 15) is 14.4 Å². The van der Waals surface area contributed by atoms with Gasteiger partial charge in [-0.05, 0) is 24.6 Å². The molecule has 1 atom stereocenters. The maximum Gasteiger partial charge on any atom is 0.344 e. The molecule has 1 aliphatic heterocycles. The first kappa shape index (κ1) is 19.2. The van der Waals surface area contributed by atoms with E-state index in [0.29, 0.717) is 16.3 Å². The summed E-state index contributed by atoms with van der Waals surface area (Å²) in [7, 11) is 5.02. The maximum absolute atomic E-state index is 12.9. The molecule has 10 nitrogen and oxygen atoms in total. The number of carbonyl (C=O) groups is 3. The number of rotatable bonds is 6. The van der Waals surface area contributed by atoms with Gasteiger partial charge in [0.25, 0.3) is 11.8 Å². The number of methoxy groups -OCH3 is 1. The van der Waals surface area contributed by atoms with Crippen LogP contribution in [-0.2, 0) is 22.2 Å². The molecule has 0 aliphatic carbocycles. The second kappa shape index (κ2) is 7.22. The minimum absolute atomic E-state index is 0.0536. The number of imide groups is 1. The van der Waals surface area contributed by atoms with Crippen LogP contribution in [0.3, 0.4) is 0 Å². The second-order valence-corrected chi connectivity index (χ2v) is 6.69. The van der Waals surface area contributed by atoms with E-state index in [2.05, 4.69) is 15.8 Å². The van der Waals surface area contributed by atoms with E-state index in [1.54, 1.807) is 74.4 Å². The number of urea groups is 1. The lowest BCUT2D eigenvalue weighted by molar-refractivity contribution is -0.138. The van der Waals surface area contributed by atoms with Gasteiger partial charge in [-0.15, -0.1) is 0 Å². The molecule has 2 aromatic rings. The van der Waals surface area contributed by atoms with Crippen LogP contribution in [-0.4, -0.2) is 53.3 Å². The van der Waals surface area contributed by atoms with Crippen LogP contribution < -0.4 is 20.4 Å². The number of hydrogen-bond acceptors (Lipinski definition) is 6. The summed E-state index contributed by atoms with van der Waals surface area (Å²) >= 11 is 0. The predicted molar refractivity (Wildman–Crippen MR) is 100 cm³/mol. The quantitative estimate of drug-likeness (QED) is 0.694. The number of ether oxygens (including phenoxy) is 1. The summed E-state index contributed by atoms with van der Waals surface area (Å²) in [5, 5.41) is 7.39. The second-order valence-electron chi connectivity index (χ2n) is 6.69. The Morgan fingerprint density at radius 3 is 2.57 bits per heavy atom. The summed E-state index contributed by atoms with van der Waals surface area (Å²) < 4.78 is 6.72. The van der Waals surface area contributed by atoms with Crippen molar-refractivity contribution >= 4 is 23.5 Å². The molecule has 4 amide bonds. The smallest absolute Gasteiger partial charge is 0.344 e. The Morgan fingerprint density at radius 2 is 2.00 bits per heavy atom. The summed E-state index contributed by atoms with van der Waals surface area (Å²) in [5.74, 6) is -0.443. The van der Waals surface area contributed by atoms with Crippen molar-refractivity contribution in [3.05, 3.63) is 42.2 Å². The van der Waals surface area contributed by atoms with Crippen molar-refractivity contribution in [2.24, 2.45) is 7.05 Å². The Kier molecular flexibility index (Phi) is 4.95. The van der Waals surface area contributed by atoms with E-state index in [0.717, 1.165) is 5.69 Å². The molecule has 10 heteroatoms. The number of carbonyl (C=O) groups excluding carboxylic acids is 3. The zero-order valence-electron chi connectivity index (χ0n) is 16.1. The lowest BCUT2D eigenvalue weighted by atomic mass is 9.92. The molecule has 3 rings (SSSR count). The Labute approximate surface area is 162 Å². The molecule has 28 heavy (non-hydrogen) atoms. The zero-order valence-corrected chi connectivity index (χ0v) is 16.1. The van der Waals surface area contributed by atoms with Crippen LogP contribution in [0, 0.1) is 0 Å². The van der Waals surface area contributed by atoms with Crippen molar-refractivity contribution in [3.8, 4) is 5.75 Å². The van der Waals surface area contributed by atoms with Crippen LogP contribution in [0.15, 0.2) is 36.7 Å². The molecule has 0 unspecified atom stereocenters. The third-order valence-corrected chi connectivity index (χ3v) is 4.61. The number of amides is 4. The minimum Gasteiger partial charge on any atom is -0.497 e. The first-order valence-corrected chi connectivity index (χ1v) is 8.55. The molecular formula is C18H22N6O4. The van der Waals surface area contributed by atoms with Crippen LogP contribution in [0.2, 0.25) is 0 Å². The van der Waals surface area contributed by atoms with Crippen LogP contribution >= 0.6 is 0 Å². The Bertz CT molecular complexity index is 909. The summed E-state index contributed by atoms with van der Waals surface area (Å²) in [4.78, 5) is 39.2. The predicted octanol–water partition coefficient (Wildman–Crippen LogP) is 0.363. The average molecular weight is 386 g/mol.